The lowest BCUT2D eigenvalue weighted by molar-refractivity contribution is 0.431. The highest BCUT2D eigenvalue weighted by Gasteiger charge is 2.10. The molecule has 0 fully saturated rings. The quantitative estimate of drug-likeness (QED) is 0.644. The van der Waals surface area contributed by atoms with Crippen molar-refractivity contribution in [1.82, 2.24) is 5.32 Å². The minimum atomic E-state index is 0.254. The van der Waals surface area contributed by atoms with E-state index in [9.17, 15) is 0 Å². The molecule has 0 bridgehead atoms. The molecule has 0 aliphatic heterocycles. The summed E-state index contributed by atoms with van der Waals surface area (Å²) >= 11 is 3.44. The molecular weight excluding hydrogens is 242 g/mol. The maximum Gasteiger partial charge on any atom is 0.134 e. The zero-order chi connectivity index (χ0) is 10.4. The van der Waals surface area contributed by atoms with Crippen molar-refractivity contribution in [2.24, 2.45) is 0 Å². The number of furan rings is 1. The third-order valence-electron chi connectivity index (χ3n) is 2.04. The molecule has 0 spiro atoms. The lowest BCUT2D eigenvalue weighted by Crippen LogP contribution is -2.19. The fourth-order valence-electron chi connectivity index (χ4n) is 1.26. The maximum atomic E-state index is 5.36. The van der Waals surface area contributed by atoms with Gasteiger partial charge in [-0.2, -0.15) is 0 Å². The van der Waals surface area contributed by atoms with Crippen molar-refractivity contribution >= 4 is 15.9 Å². The minimum Gasteiger partial charge on any atom is -0.466 e. The van der Waals surface area contributed by atoms with Crippen molar-refractivity contribution in [3.05, 3.63) is 34.7 Å². The third kappa shape index (κ3) is 3.31. The van der Waals surface area contributed by atoms with Crippen molar-refractivity contribution in [3.63, 3.8) is 0 Å². The van der Waals surface area contributed by atoms with Crippen LogP contribution < -0.4 is 5.32 Å². The summed E-state index contributed by atoms with van der Waals surface area (Å²) in [6.07, 6.45) is 6.97. The standard InChI is InChI=1S/C11H16BrNO/c1-3-4-5-7-13-9(2)11-10(12)6-8-14-11/h3-4,6,8-9,13H,5,7H2,1-2H3/b4-3+. The van der Waals surface area contributed by atoms with Crippen molar-refractivity contribution in [1.29, 1.82) is 0 Å². The van der Waals surface area contributed by atoms with Crippen molar-refractivity contribution in [2.45, 2.75) is 26.3 Å². The highest BCUT2D eigenvalue weighted by Crippen LogP contribution is 2.23. The van der Waals surface area contributed by atoms with Gasteiger partial charge in [0.15, 0.2) is 0 Å². The van der Waals surface area contributed by atoms with E-state index in [-0.39, 0.29) is 6.04 Å². The number of halogens is 1. The number of hydrogen-bond acceptors (Lipinski definition) is 2. The Kier molecular flexibility index (Phi) is 4.98. The number of allylic oxidation sites excluding steroid dienone is 1. The lowest BCUT2D eigenvalue weighted by Gasteiger charge is -2.10. The minimum absolute atomic E-state index is 0.254. The molecule has 1 aromatic heterocycles. The van der Waals surface area contributed by atoms with Crippen molar-refractivity contribution in [3.8, 4) is 0 Å². The molecule has 1 heterocycles. The van der Waals surface area contributed by atoms with Crippen LogP contribution in [-0.2, 0) is 0 Å². The van der Waals surface area contributed by atoms with Gasteiger partial charge in [0, 0.05) is 0 Å². The molecule has 1 N–H and O–H groups in total. The highest BCUT2D eigenvalue weighted by molar-refractivity contribution is 9.10. The monoisotopic (exact) mass is 257 g/mol. The van der Waals surface area contributed by atoms with Gasteiger partial charge in [-0.05, 0) is 48.8 Å². The lowest BCUT2D eigenvalue weighted by atomic mass is 10.2. The predicted octanol–water partition coefficient (Wildman–Crippen LogP) is 3.66. The van der Waals surface area contributed by atoms with Crippen LogP contribution in [0.2, 0.25) is 0 Å². The average molecular weight is 258 g/mol. The van der Waals surface area contributed by atoms with Gasteiger partial charge < -0.3 is 9.73 Å². The zero-order valence-corrected chi connectivity index (χ0v) is 10.2. The Labute approximate surface area is 93.5 Å². The van der Waals surface area contributed by atoms with Gasteiger partial charge in [0.1, 0.15) is 5.76 Å². The van der Waals surface area contributed by atoms with Crippen LogP contribution in [0.25, 0.3) is 0 Å². The Morgan fingerprint density at radius 3 is 3.00 bits per heavy atom. The van der Waals surface area contributed by atoms with Gasteiger partial charge in [-0.15, -0.1) is 0 Å². The number of rotatable bonds is 5. The summed E-state index contributed by atoms with van der Waals surface area (Å²) in [7, 11) is 0. The van der Waals surface area contributed by atoms with Gasteiger partial charge in [-0.1, -0.05) is 12.2 Å². The first-order valence-corrected chi connectivity index (χ1v) is 5.62. The van der Waals surface area contributed by atoms with Crippen molar-refractivity contribution in [2.75, 3.05) is 6.54 Å². The Morgan fingerprint density at radius 1 is 1.64 bits per heavy atom. The first-order valence-electron chi connectivity index (χ1n) is 4.83. The molecule has 0 saturated carbocycles. The van der Waals surface area contributed by atoms with Gasteiger partial charge in [-0.25, -0.2) is 0 Å². The predicted molar refractivity (Wildman–Crippen MR) is 62.3 cm³/mol. The Morgan fingerprint density at radius 2 is 2.43 bits per heavy atom. The molecule has 0 aliphatic rings. The summed E-state index contributed by atoms with van der Waals surface area (Å²) in [6, 6.07) is 2.17. The van der Waals surface area contributed by atoms with Gasteiger partial charge in [-0.3, -0.25) is 0 Å². The van der Waals surface area contributed by atoms with Crippen LogP contribution in [0.5, 0.6) is 0 Å². The average Bonchev–Trinajstić information content (AvgIpc) is 2.59. The number of hydrogen-bond donors (Lipinski definition) is 1. The maximum absolute atomic E-state index is 5.36. The van der Waals surface area contributed by atoms with E-state index in [1.807, 2.05) is 13.0 Å². The molecule has 1 aromatic rings. The third-order valence-corrected chi connectivity index (χ3v) is 2.69. The first-order chi connectivity index (χ1) is 6.75. The van der Waals surface area contributed by atoms with Crippen LogP contribution in [0.1, 0.15) is 32.1 Å². The van der Waals surface area contributed by atoms with E-state index in [0.29, 0.717) is 0 Å². The summed E-state index contributed by atoms with van der Waals surface area (Å²) in [4.78, 5) is 0. The molecule has 1 rings (SSSR count). The molecule has 3 heteroatoms. The van der Waals surface area contributed by atoms with E-state index in [4.69, 9.17) is 4.42 Å². The smallest absolute Gasteiger partial charge is 0.134 e. The SMILES string of the molecule is C/C=C/CCNC(C)c1occc1Br. The zero-order valence-electron chi connectivity index (χ0n) is 8.59. The molecule has 1 unspecified atom stereocenters. The second kappa shape index (κ2) is 6.04. The van der Waals surface area contributed by atoms with E-state index in [1.54, 1.807) is 6.26 Å². The fraction of sp³-hybridized carbons (Fsp3) is 0.455. The second-order valence-electron chi connectivity index (χ2n) is 3.17. The normalized spacial score (nSPS) is 13.6. The van der Waals surface area contributed by atoms with Crippen LogP contribution in [0.15, 0.2) is 33.4 Å². The molecule has 14 heavy (non-hydrogen) atoms. The highest BCUT2D eigenvalue weighted by atomic mass is 79.9. The van der Waals surface area contributed by atoms with E-state index >= 15 is 0 Å². The number of nitrogens with one attached hydrogen (secondary N) is 1. The van der Waals surface area contributed by atoms with Gasteiger partial charge in [0.05, 0.1) is 16.8 Å². The molecule has 2 nitrogen and oxygen atoms in total. The summed E-state index contributed by atoms with van der Waals surface area (Å²) in [5, 5.41) is 3.39. The molecule has 0 amide bonds. The van der Waals surface area contributed by atoms with Crippen LogP contribution in [0, 0.1) is 0 Å². The van der Waals surface area contributed by atoms with E-state index < -0.39 is 0 Å². The summed E-state index contributed by atoms with van der Waals surface area (Å²) in [5.74, 6) is 0.963. The van der Waals surface area contributed by atoms with Crippen molar-refractivity contribution < 1.29 is 4.42 Å². The molecule has 0 aromatic carbocycles. The molecule has 0 saturated heterocycles. The van der Waals surface area contributed by atoms with Crippen LogP contribution in [-0.4, -0.2) is 6.54 Å². The summed E-state index contributed by atoms with van der Waals surface area (Å²) in [5.41, 5.74) is 0. The first kappa shape index (κ1) is 11.5. The van der Waals surface area contributed by atoms with Crippen LogP contribution in [0.3, 0.4) is 0 Å². The molecular formula is C11H16BrNO. The van der Waals surface area contributed by atoms with Crippen LogP contribution in [0.4, 0.5) is 0 Å². The largest absolute Gasteiger partial charge is 0.466 e. The second-order valence-corrected chi connectivity index (χ2v) is 4.02. The van der Waals surface area contributed by atoms with Gasteiger partial charge >= 0.3 is 0 Å². The van der Waals surface area contributed by atoms with Gasteiger partial charge in [0.25, 0.3) is 0 Å². The molecule has 1 atom stereocenters. The molecule has 0 radical (unpaired) electrons. The molecule has 78 valence electrons. The van der Waals surface area contributed by atoms with Gasteiger partial charge in [0.2, 0.25) is 0 Å². The summed E-state index contributed by atoms with van der Waals surface area (Å²) in [6.45, 7) is 5.10. The van der Waals surface area contributed by atoms with Crippen LogP contribution >= 0.6 is 15.9 Å². The van der Waals surface area contributed by atoms with E-state index in [1.165, 1.54) is 0 Å². The van der Waals surface area contributed by atoms with E-state index in [0.717, 1.165) is 23.2 Å². The Hall–Kier alpha value is -0.540. The Balaban J connectivity index is 2.35. The van der Waals surface area contributed by atoms with E-state index in [2.05, 4.69) is 40.3 Å². The Bertz CT molecular complexity index is 293. The summed E-state index contributed by atoms with van der Waals surface area (Å²) < 4.78 is 6.39. The molecule has 0 aliphatic carbocycles. The topological polar surface area (TPSA) is 25.2 Å². The fourth-order valence-corrected chi connectivity index (χ4v) is 1.80.